The number of aliphatic hydroxyl groups excluding tert-OH is 1. The van der Waals surface area contributed by atoms with Crippen molar-refractivity contribution in [1.29, 1.82) is 0 Å². The molecule has 4 rings (SSSR count). The minimum Gasteiger partial charge on any atom is -0.507 e. The molecule has 1 saturated heterocycles. The lowest BCUT2D eigenvalue weighted by Gasteiger charge is -2.23. The molecule has 1 amide bonds. The molecule has 0 saturated carbocycles. The Bertz CT molecular complexity index is 1280. The Kier molecular flexibility index (Phi) is 6.30. The Hall–Kier alpha value is -3.85. The summed E-state index contributed by atoms with van der Waals surface area (Å²) in [5.41, 5.74) is 1.52. The molecule has 0 radical (unpaired) electrons. The van der Waals surface area contributed by atoms with Gasteiger partial charge in [0.05, 0.1) is 31.0 Å². The second-order valence-corrected chi connectivity index (χ2v) is 8.88. The van der Waals surface area contributed by atoms with Gasteiger partial charge in [-0.3, -0.25) is 14.5 Å². The lowest BCUT2D eigenvalue weighted by Crippen LogP contribution is -2.29. The molecule has 0 aliphatic carbocycles. The maximum atomic E-state index is 13.2. The summed E-state index contributed by atoms with van der Waals surface area (Å²) in [6, 6.07) is 10.2. The number of hydrogen-bond acceptors (Lipinski definition) is 8. The van der Waals surface area contributed by atoms with E-state index < -0.39 is 17.7 Å². The van der Waals surface area contributed by atoms with E-state index in [-0.39, 0.29) is 22.8 Å². The summed E-state index contributed by atoms with van der Waals surface area (Å²) in [6.45, 7) is 5.80. The molecule has 1 fully saturated rings. The van der Waals surface area contributed by atoms with E-state index in [2.05, 4.69) is 4.98 Å². The first-order valence-corrected chi connectivity index (χ1v) is 11.4. The van der Waals surface area contributed by atoms with E-state index in [1.54, 1.807) is 43.3 Å². The Morgan fingerprint density at radius 1 is 1.15 bits per heavy atom. The summed E-state index contributed by atoms with van der Waals surface area (Å²) in [7, 11) is 1.53. The number of carbonyl (C=O) groups is 2. The average Bonchev–Trinajstić information content (AvgIpc) is 3.30. The molecule has 1 atom stereocenters. The van der Waals surface area contributed by atoms with Crippen LogP contribution in [0, 0.1) is 13.8 Å². The van der Waals surface area contributed by atoms with Crippen molar-refractivity contribution >= 4 is 33.9 Å². The van der Waals surface area contributed by atoms with E-state index in [1.165, 1.54) is 29.4 Å². The maximum absolute atomic E-state index is 13.2. The van der Waals surface area contributed by atoms with Gasteiger partial charge >= 0.3 is 5.91 Å². The number of anilines is 1. The van der Waals surface area contributed by atoms with Crippen molar-refractivity contribution in [2.24, 2.45) is 0 Å². The number of rotatable bonds is 6. The molecule has 3 aromatic rings. The van der Waals surface area contributed by atoms with Gasteiger partial charge in [-0.05, 0) is 62.7 Å². The third kappa shape index (κ3) is 3.99. The molecule has 0 bridgehead atoms. The molecule has 2 heterocycles. The minimum atomic E-state index is -0.966. The summed E-state index contributed by atoms with van der Waals surface area (Å²) in [6.07, 6.45) is 0. The van der Waals surface area contributed by atoms with Gasteiger partial charge in [0.15, 0.2) is 16.6 Å². The summed E-state index contributed by atoms with van der Waals surface area (Å²) < 4.78 is 10.7. The highest BCUT2D eigenvalue weighted by Gasteiger charge is 2.48. The number of hydrogen-bond donors (Lipinski definition) is 2. The highest BCUT2D eigenvalue weighted by molar-refractivity contribution is 7.16. The number of methoxy groups -OCH3 is 1. The number of Topliss-reactive ketones (excluding diaryl/α,β-unsaturated/α-hetero) is 1. The quantitative estimate of drug-likeness (QED) is 0.304. The van der Waals surface area contributed by atoms with Crippen LogP contribution in [-0.4, -0.2) is 40.6 Å². The normalized spacial score (nSPS) is 17.3. The molecule has 1 aliphatic rings. The topological polar surface area (TPSA) is 109 Å². The lowest BCUT2D eigenvalue weighted by molar-refractivity contribution is -0.132. The van der Waals surface area contributed by atoms with Gasteiger partial charge in [0.25, 0.3) is 5.78 Å². The minimum absolute atomic E-state index is 0.0707. The maximum Gasteiger partial charge on any atom is 0.301 e. The molecular weight excluding hydrogens is 456 g/mol. The average molecular weight is 481 g/mol. The molecule has 2 aromatic carbocycles. The number of ketones is 1. The zero-order chi connectivity index (χ0) is 24.6. The highest BCUT2D eigenvalue weighted by Crippen LogP contribution is 2.45. The predicted molar refractivity (Wildman–Crippen MR) is 129 cm³/mol. The van der Waals surface area contributed by atoms with Gasteiger partial charge in [-0.25, -0.2) is 4.98 Å². The Balaban J connectivity index is 1.94. The largest absolute Gasteiger partial charge is 0.507 e. The third-order valence-corrected chi connectivity index (χ3v) is 6.70. The first-order valence-electron chi connectivity index (χ1n) is 10.6. The second kappa shape index (κ2) is 9.18. The second-order valence-electron chi connectivity index (χ2n) is 7.70. The van der Waals surface area contributed by atoms with Gasteiger partial charge in [0, 0.05) is 10.4 Å². The Morgan fingerprint density at radius 2 is 1.85 bits per heavy atom. The molecule has 0 spiro atoms. The van der Waals surface area contributed by atoms with Crippen LogP contribution in [0.1, 0.15) is 34.7 Å². The number of aromatic hydroxyl groups is 1. The highest BCUT2D eigenvalue weighted by atomic mass is 32.1. The predicted octanol–water partition coefficient (Wildman–Crippen LogP) is 4.50. The fourth-order valence-corrected chi connectivity index (χ4v) is 4.72. The molecule has 2 N–H and O–H groups in total. The van der Waals surface area contributed by atoms with Crippen molar-refractivity contribution in [3.8, 4) is 17.2 Å². The van der Waals surface area contributed by atoms with Crippen molar-refractivity contribution in [3.63, 3.8) is 0 Å². The fraction of sp³-hybridized carbons (Fsp3) is 0.240. The number of phenols is 1. The van der Waals surface area contributed by atoms with Crippen molar-refractivity contribution in [2.75, 3.05) is 18.6 Å². The van der Waals surface area contributed by atoms with Crippen LogP contribution in [0.25, 0.3) is 5.76 Å². The van der Waals surface area contributed by atoms with Crippen LogP contribution in [-0.2, 0) is 9.59 Å². The molecule has 1 aliphatic heterocycles. The van der Waals surface area contributed by atoms with E-state index in [0.717, 1.165) is 10.6 Å². The van der Waals surface area contributed by atoms with Crippen LogP contribution in [0.4, 0.5) is 5.13 Å². The molecule has 0 unspecified atom stereocenters. The van der Waals surface area contributed by atoms with Crippen LogP contribution >= 0.6 is 11.3 Å². The van der Waals surface area contributed by atoms with E-state index in [4.69, 9.17) is 9.47 Å². The molecule has 8 nitrogen and oxygen atoms in total. The number of aromatic nitrogens is 1. The van der Waals surface area contributed by atoms with Gasteiger partial charge < -0.3 is 19.7 Å². The third-order valence-electron chi connectivity index (χ3n) is 5.63. The van der Waals surface area contributed by atoms with Crippen molar-refractivity contribution in [2.45, 2.75) is 26.8 Å². The number of aryl methyl sites for hydroxylation is 2. The van der Waals surface area contributed by atoms with Crippen LogP contribution in [0.15, 0.2) is 48.0 Å². The van der Waals surface area contributed by atoms with Crippen LogP contribution in [0.2, 0.25) is 0 Å². The SMILES string of the molecule is CCOc1cc([C@@H]2/C(=C(\O)c3ccc(OC)cc3)C(=O)C(=O)N2c2nc(C)c(C)s2)ccc1O. The number of benzene rings is 2. The van der Waals surface area contributed by atoms with E-state index >= 15 is 0 Å². The van der Waals surface area contributed by atoms with Gasteiger partial charge in [-0.15, -0.1) is 11.3 Å². The summed E-state index contributed by atoms with van der Waals surface area (Å²) in [5.74, 6) is -1.21. The van der Waals surface area contributed by atoms with E-state index in [9.17, 15) is 19.8 Å². The summed E-state index contributed by atoms with van der Waals surface area (Å²) in [4.78, 5) is 33.2. The number of thiazole rings is 1. The number of amides is 1. The lowest BCUT2D eigenvalue weighted by atomic mass is 9.95. The first kappa shape index (κ1) is 23.3. The first-order chi connectivity index (χ1) is 16.3. The number of carbonyl (C=O) groups excluding carboxylic acids is 2. The van der Waals surface area contributed by atoms with Crippen LogP contribution in [0.3, 0.4) is 0 Å². The van der Waals surface area contributed by atoms with Gasteiger partial charge in [-0.2, -0.15) is 0 Å². The number of aliphatic hydroxyl groups is 1. The zero-order valence-electron chi connectivity index (χ0n) is 19.2. The van der Waals surface area contributed by atoms with Gasteiger partial charge in [-0.1, -0.05) is 6.07 Å². The summed E-state index contributed by atoms with van der Waals surface area (Å²) in [5, 5.41) is 21.7. The number of phenolic OH excluding ortho intramolecular Hbond substituents is 1. The van der Waals surface area contributed by atoms with Gasteiger partial charge in [0.1, 0.15) is 11.5 Å². The Morgan fingerprint density at radius 3 is 2.44 bits per heavy atom. The van der Waals surface area contributed by atoms with Crippen molar-refractivity contribution in [1.82, 2.24) is 4.98 Å². The molecule has 176 valence electrons. The molecule has 34 heavy (non-hydrogen) atoms. The van der Waals surface area contributed by atoms with Crippen molar-refractivity contribution < 1.29 is 29.3 Å². The van der Waals surface area contributed by atoms with E-state index in [0.29, 0.717) is 28.6 Å². The summed E-state index contributed by atoms with van der Waals surface area (Å²) >= 11 is 1.29. The monoisotopic (exact) mass is 480 g/mol. The number of nitrogens with zero attached hydrogens (tertiary/aromatic N) is 2. The Labute approximate surface area is 200 Å². The number of ether oxygens (including phenoxy) is 2. The molecule has 9 heteroatoms. The molecule has 1 aromatic heterocycles. The van der Waals surface area contributed by atoms with Crippen LogP contribution in [0.5, 0.6) is 17.2 Å². The zero-order valence-corrected chi connectivity index (χ0v) is 20.0. The van der Waals surface area contributed by atoms with Gasteiger partial charge in [0.2, 0.25) is 0 Å². The smallest absolute Gasteiger partial charge is 0.301 e. The fourth-order valence-electron chi connectivity index (χ4n) is 3.78. The standard InChI is InChI=1S/C25H24N2O6S/c1-5-33-19-12-16(8-11-18(19)28)21-20(22(29)15-6-9-17(32-4)10-7-15)23(30)24(31)27(21)25-26-13(2)14(3)34-25/h6-12,21,28-29H,5H2,1-4H3/b22-20+/t21-/m1/s1. The van der Waals surface area contributed by atoms with E-state index in [1.807, 2.05) is 13.8 Å². The molecular formula is C25H24N2O6S. The van der Waals surface area contributed by atoms with Crippen molar-refractivity contribution in [3.05, 3.63) is 69.7 Å². The van der Waals surface area contributed by atoms with Crippen LogP contribution < -0.4 is 14.4 Å².